The highest BCUT2D eigenvalue weighted by atomic mass is 16.7. The van der Waals surface area contributed by atoms with E-state index in [4.69, 9.17) is 4.84 Å². The van der Waals surface area contributed by atoms with Gasteiger partial charge < -0.3 is 4.84 Å². The summed E-state index contributed by atoms with van der Waals surface area (Å²) in [7, 11) is 0. The summed E-state index contributed by atoms with van der Waals surface area (Å²) in [6.45, 7) is 2.92. The fraction of sp³-hybridized carbons (Fsp3) is 0.471. The third-order valence-electron chi connectivity index (χ3n) is 4.93. The third kappa shape index (κ3) is 2.50. The van der Waals surface area contributed by atoms with Gasteiger partial charge in [-0.05, 0) is 19.4 Å². The molecule has 2 aliphatic rings. The summed E-state index contributed by atoms with van der Waals surface area (Å²) in [5.74, 6) is -1.79. The Hall–Kier alpha value is -2.57. The average Bonchev–Trinajstić information content (AvgIpc) is 2.83. The second-order valence-corrected chi connectivity index (χ2v) is 6.53. The van der Waals surface area contributed by atoms with Crippen molar-refractivity contribution in [2.24, 2.45) is 11.1 Å². The molecular formula is C17H18N2O5. The maximum absolute atomic E-state index is 12.7. The van der Waals surface area contributed by atoms with Gasteiger partial charge in [0.2, 0.25) is 5.60 Å². The molecule has 7 nitrogen and oxygen atoms in total. The molecule has 7 heteroatoms. The van der Waals surface area contributed by atoms with E-state index in [1.54, 1.807) is 0 Å². The van der Waals surface area contributed by atoms with Crippen molar-refractivity contribution in [3.63, 3.8) is 0 Å². The summed E-state index contributed by atoms with van der Waals surface area (Å²) in [6, 6.07) is 7.97. The van der Waals surface area contributed by atoms with E-state index in [9.17, 15) is 19.7 Å². The van der Waals surface area contributed by atoms with Gasteiger partial charge >= 0.3 is 0 Å². The number of rotatable bonds is 3. The van der Waals surface area contributed by atoms with Crippen molar-refractivity contribution < 1.29 is 19.3 Å². The van der Waals surface area contributed by atoms with E-state index in [0.717, 1.165) is 5.56 Å². The number of nitrogens with zero attached hydrogens (tertiary/aromatic N) is 2. The minimum Gasteiger partial charge on any atom is -0.381 e. The number of benzene rings is 1. The van der Waals surface area contributed by atoms with E-state index in [-0.39, 0.29) is 30.1 Å². The Balaban J connectivity index is 2.04. The molecule has 126 valence electrons. The van der Waals surface area contributed by atoms with E-state index in [0.29, 0.717) is 0 Å². The lowest BCUT2D eigenvalue weighted by molar-refractivity contribution is -0.523. The van der Waals surface area contributed by atoms with Crippen LogP contribution in [0.5, 0.6) is 0 Å². The normalized spacial score (nSPS) is 32.3. The molecule has 0 saturated heterocycles. The summed E-state index contributed by atoms with van der Waals surface area (Å²) in [6.07, 6.45) is 0.0343. The van der Waals surface area contributed by atoms with Crippen molar-refractivity contribution in [3.8, 4) is 0 Å². The second kappa shape index (κ2) is 5.81. The zero-order valence-electron chi connectivity index (χ0n) is 13.5. The van der Waals surface area contributed by atoms with Crippen LogP contribution in [0.25, 0.3) is 0 Å². The molecular weight excluding hydrogens is 312 g/mol. The Kier molecular flexibility index (Phi) is 3.95. The lowest BCUT2D eigenvalue weighted by atomic mass is 9.64. The predicted octanol–water partition coefficient (Wildman–Crippen LogP) is 2.13. The van der Waals surface area contributed by atoms with Gasteiger partial charge in [0.25, 0.3) is 6.04 Å². The van der Waals surface area contributed by atoms with Crippen LogP contribution in [-0.4, -0.2) is 33.8 Å². The molecule has 1 aliphatic carbocycles. The number of carbonyl (C=O) groups excluding carboxylic acids is 2. The van der Waals surface area contributed by atoms with Gasteiger partial charge in [0.15, 0.2) is 0 Å². The molecule has 0 amide bonds. The van der Waals surface area contributed by atoms with Crippen molar-refractivity contribution in [1.82, 2.24) is 0 Å². The zero-order valence-corrected chi connectivity index (χ0v) is 13.5. The highest BCUT2D eigenvalue weighted by Gasteiger charge is 2.62. The SMILES string of the molecule is CC(=O)[C@@H]1C(=O)C[C@@]2(CC1c1ccccc1)ON=C(C)C2[N+](=O)[O-]. The van der Waals surface area contributed by atoms with Gasteiger partial charge in [-0.25, -0.2) is 0 Å². The molecule has 1 aromatic carbocycles. The van der Waals surface area contributed by atoms with Crippen LogP contribution in [0, 0.1) is 16.0 Å². The van der Waals surface area contributed by atoms with Crippen molar-refractivity contribution in [3.05, 3.63) is 46.0 Å². The number of Topliss-reactive ketones (excluding diaryl/α,β-unsaturated/α-hetero) is 2. The maximum Gasteiger partial charge on any atom is 0.295 e. The first-order chi connectivity index (χ1) is 11.4. The van der Waals surface area contributed by atoms with Crippen molar-refractivity contribution >= 4 is 17.3 Å². The molecule has 3 rings (SSSR count). The fourth-order valence-electron chi connectivity index (χ4n) is 3.98. The molecule has 0 bridgehead atoms. The molecule has 1 aromatic rings. The first kappa shape index (κ1) is 16.3. The van der Waals surface area contributed by atoms with Gasteiger partial charge in [-0.3, -0.25) is 19.7 Å². The molecule has 1 heterocycles. The van der Waals surface area contributed by atoms with Crippen LogP contribution in [0.4, 0.5) is 0 Å². The number of carbonyl (C=O) groups is 2. The Morgan fingerprint density at radius 1 is 1.38 bits per heavy atom. The number of oxime groups is 1. The van der Waals surface area contributed by atoms with Gasteiger partial charge in [0.1, 0.15) is 17.3 Å². The highest BCUT2D eigenvalue weighted by Crippen LogP contribution is 2.47. The predicted molar refractivity (Wildman–Crippen MR) is 85.3 cm³/mol. The first-order valence-corrected chi connectivity index (χ1v) is 7.80. The standard InChI is InChI=1S/C17H18N2O5/c1-10-16(19(22)23)17(24-18-10)8-13(12-6-4-3-5-7-12)15(11(2)20)14(21)9-17/h3-7,13,15-16H,8-9H2,1-2H3/t13?,15-,16?,17+/m0/s1. The Bertz CT molecular complexity index is 730. The Morgan fingerprint density at radius 3 is 2.62 bits per heavy atom. The number of hydrogen-bond acceptors (Lipinski definition) is 6. The van der Waals surface area contributed by atoms with Crippen LogP contribution in [0.2, 0.25) is 0 Å². The van der Waals surface area contributed by atoms with Gasteiger partial charge in [0, 0.05) is 17.3 Å². The lowest BCUT2D eigenvalue weighted by Gasteiger charge is -2.39. The van der Waals surface area contributed by atoms with E-state index < -0.39 is 28.4 Å². The molecule has 24 heavy (non-hydrogen) atoms. The largest absolute Gasteiger partial charge is 0.381 e. The van der Waals surface area contributed by atoms with Crippen molar-refractivity contribution in [2.45, 2.75) is 44.2 Å². The van der Waals surface area contributed by atoms with Gasteiger partial charge in [-0.1, -0.05) is 35.5 Å². The third-order valence-corrected chi connectivity index (χ3v) is 4.93. The smallest absolute Gasteiger partial charge is 0.295 e. The Morgan fingerprint density at radius 2 is 2.04 bits per heavy atom. The molecule has 1 spiro atoms. The monoisotopic (exact) mass is 330 g/mol. The first-order valence-electron chi connectivity index (χ1n) is 7.80. The summed E-state index contributed by atoms with van der Waals surface area (Å²) in [4.78, 5) is 41.2. The minimum atomic E-state index is -1.31. The second-order valence-electron chi connectivity index (χ2n) is 6.53. The molecule has 0 aromatic heterocycles. The highest BCUT2D eigenvalue weighted by molar-refractivity contribution is 6.04. The summed E-state index contributed by atoms with van der Waals surface area (Å²) >= 11 is 0. The van der Waals surface area contributed by atoms with E-state index in [2.05, 4.69) is 5.16 Å². The van der Waals surface area contributed by atoms with Gasteiger partial charge in [-0.2, -0.15) is 0 Å². The topological polar surface area (TPSA) is 98.9 Å². The zero-order chi connectivity index (χ0) is 17.5. The van der Waals surface area contributed by atoms with Crippen molar-refractivity contribution in [2.75, 3.05) is 0 Å². The van der Waals surface area contributed by atoms with Crippen LogP contribution < -0.4 is 0 Å². The molecule has 1 saturated carbocycles. The maximum atomic E-state index is 12.7. The molecule has 1 aliphatic heterocycles. The molecule has 0 N–H and O–H groups in total. The quantitative estimate of drug-likeness (QED) is 0.480. The van der Waals surface area contributed by atoms with E-state index in [1.807, 2.05) is 30.3 Å². The minimum absolute atomic E-state index is 0.174. The molecule has 1 fully saturated rings. The van der Waals surface area contributed by atoms with Gasteiger partial charge in [-0.15, -0.1) is 0 Å². The molecule has 4 atom stereocenters. The van der Waals surface area contributed by atoms with Crippen LogP contribution >= 0.6 is 0 Å². The van der Waals surface area contributed by atoms with Gasteiger partial charge in [0.05, 0.1) is 12.3 Å². The number of hydrogen-bond donors (Lipinski definition) is 0. The van der Waals surface area contributed by atoms with Crippen LogP contribution in [-0.2, 0) is 14.4 Å². The van der Waals surface area contributed by atoms with Crippen LogP contribution in [0.15, 0.2) is 35.5 Å². The summed E-state index contributed by atoms with van der Waals surface area (Å²) in [5, 5.41) is 15.3. The number of ketones is 2. The lowest BCUT2D eigenvalue weighted by Crippen LogP contribution is -2.55. The molecule has 2 unspecified atom stereocenters. The van der Waals surface area contributed by atoms with Crippen LogP contribution in [0.1, 0.15) is 38.2 Å². The van der Waals surface area contributed by atoms with E-state index in [1.165, 1.54) is 13.8 Å². The summed E-state index contributed by atoms with van der Waals surface area (Å²) in [5.41, 5.74) is -0.252. The number of nitro groups is 1. The van der Waals surface area contributed by atoms with E-state index >= 15 is 0 Å². The Labute approximate surface area is 138 Å². The van der Waals surface area contributed by atoms with Crippen molar-refractivity contribution in [1.29, 1.82) is 0 Å². The molecule has 0 radical (unpaired) electrons. The summed E-state index contributed by atoms with van der Waals surface area (Å²) < 4.78 is 0. The van der Waals surface area contributed by atoms with Crippen LogP contribution in [0.3, 0.4) is 0 Å². The average molecular weight is 330 g/mol. The fourth-order valence-corrected chi connectivity index (χ4v) is 3.98.